The molecule has 5 nitrogen and oxygen atoms in total. The lowest BCUT2D eigenvalue weighted by atomic mass is 9.64. The van der Waals surface area contributed by atoms with Crippen LogP contribution in [0, 0.1) is 5.92 Å². The van der Waals surface area contributed by atoms with E-state index in [4.69, 9.17) is 0 Å². The van der Waals surface area contributed by atoms with E-state index in [1.807, 2.05) is 25.3 Å². The van der Waals surface area contributed by atoms with Gasteiger partial charge in [0.25, 0.3) is 0 Å². The van der Waals surface area contributed by atoms with Gasteiger partial charge in [0, 0.05) is 40.6 Å². The quantitative estimate of drug-likeness (QED) is 0.566. The van der Waals surface area contributed by atoms with E-state index in [0.717, 1.165) is 51.9 Å². The molecule has 0 aromatic heterocycles. The van der Waals surface area contributed by atoms with Crippen LogP contribution in [-0.2, 0) is 5.41 Å². The van der Waals surface area contributed by atoms with Crippen LogP contribution in [0.25, 0.3) is 10.8 Å². The number of nitrogens with zero attached hydrogens (tertiary/aromatic N) is 1. The van der Waals surface area contributed by atoms with Gasteiger partial charge in [-0.3, -0.25) is 0 Å². The molecule has 6 rings (SSSR count). The van der Waals surface area contributed by atoms with Gasteiger partial charge in [0.2, 0.25) is 0 Å². The third kappa shape index (κ3) is 3.09. The van der Waals surface area contributed by atoms with Crippen molar-refractivity contribution >= 4 is 27.8 Å². The van der Waals surface area contributed by atoms with Crippen LogP contribution in [0.2, 0.25) is 0 Å². The third-order valence-corrected chi connectivity index (χ3v) is 9.14. The Morgan fingerprint density at radius 3 is 2.33 bits per heavy atom. The average Bonchev–Trinajstić information content (AvgIpc) is 3.08. The van der Waals surface area contributed by atoms with Crippen molar-refractivity contribution in [2.75, 3.05) is 22.6 Å². The molecule has 0 amide bonds. The fraction of sp³-hybridized carbons (Fsp3) is 0.419. The second-order valence-electron chi connectivity index (χ2n) is 11.3. The van der Waals surface area contributed by atoms with Crippen molar-refractivity contribution in [3.05, 3.63) is 77.5 Å². The summed E-state index contributed by atoms with van der Waals surface area (Å²) < 4.78 is 0. The number of nitrogens with one attached hydrogen (secondary N) is 2. The summed E-state index contributed by atoms with van der Waals surface area (Å²) in [5.74, 6) is -1.10. The monoisotopic (exact) mass is 481 g/mol. The maximum atomic E-state index is 13.7. The molecule has 0 bridgehead atoms. The number of hydrogen-bond acceptors (Lipinski definition) is 5. The Labute approximate surface area is 213 Å². The van der Waals surface area contributed by atoms with Gasteiger partial charge >= 0.3 is 0 Å². The number of fused-ring (bicyclic) bond motifs is 1. The number of rotatable bonds is 4. The van der Waals surface area contributed by atoms with E-state index in [1.165, 1.54) is 5.56 Å². The number of benzene rings is 3. The summed E-state index contributed by atoms with van der Waals surface area (Å²) in [4.78, 5) is 2.15. The van der Waals surface area contributed by atoms with Crippen molar-refractivity contribution in [1.82, 2.24) is 0 Å². The molecule has 5 heteroatoms. The summed E-state index contributed by atoms with van der Waals surface area (Å²) in [5.41, 5.74) is 5.81. The average molecular weight is 482 g/mol. The molecule has 0 spiro atoms. The fourth-order valence-electron chi connectivity index (χ4n) is 6.78. The summed E-state index contributed by atoms with van der Waals surface area (Å²) in [6, 6.07) is 18.7. The molecular formula is C31H35N3O2-2. The molecule has 2 atom stereocenters. The number of hydrogen-bond donors (Lipinski definition) is 2. The lowest BCUT2D eigenvalue weighted by molar-refractivity contribution is -0.542. The largest absolute Gasteiger partial charge is 0.851 e. The van der Waals surface area contributed by atoms with Gasteiger partial charge < -0.3 is 25.7 Å². The molecule has 3 aliphatic rings. The highest BCUT2D eigenvalue weighted by atomic mass is 16.3. The van der Waals surface area contributed by atoms with Crippen molar-refractivity contribution < 1.29 is 10.2 Å². The van der Waals surface area contributed by atoms with Crippen molar-refractivity contribution in [3.63, 3.8) is 0 Å². The van der Waals surface area contributed by atoms with Gasteiger partial charge in [-0.15, -0.1) is 12.2 Å². The van der Waals surface area contributed by atoms with Crippen LogP contribution in [0.4, 0.5) is 17.1 Å². The van der Waals surface area contributed by atoms with Crippen LogP contribution in [-0.4, -0.2) is 24.9 Å². The molecule has 1 saturated carbocycles. The Hall–Kier alpha value is -3.02. The van der Waals surface area contributed by atoms with Crippen LogP contribution in [0.15, 0.2) is 66.4 Å². The number of likely N-dealkylation sites (N-methyl/N-ethyl adjacent to an activating group) is 1. The van der Waals surface area contributed by atoms with E-state index < -0.39 is 24.0 Å². The molecule has 36 heavy (non-hydrogen) atoms. The molecule has 2 unspecified atom stereocenters. The van der Waals surface area contributed by atoms with Crippen LogP contribution >= 0.6 is 0 Å². The van der Waals surface area contributed by atoms with Gasteiger partial charge in [-0.25, -0.2) is 0 Å². The molecule has 2 aliphatic heterocycles. The van der Waals surface area contributed by atoms with Crippen molar-refractivity contribution in [2.24, 2.45) is 5.92 Å². The Bertz CT molecular complexity index is 1360. The molecule has 188 valence electrons. The lowest BCUT2D eigenvalue weighted by Gasteiger charge is -2.61. The predicted molar refractivity (Wildman–Crippen MR) is 144 cm³/mol. The minimum atomic E-state index is -0.969. The minimum Gasteiger partial charge on any atom is -0.851 e. The maximum Gasteiger partial charge on any atom is 0.107 e. The lowest BCUT2D eigenvalue weighted by Crippen LogP contribution is -2.65. The van der Waals surface area contributed by atoms with Crippen LogP contribution in [0.3, 0.4) is 0 Å². The molecule has 1 aliphatic carbocycles. The maximum absolute atomic E-state index is 13.7. The molecule has 2 heterocycles. The van der Waals surface area contributed by atoms with Gasteiger partial charge in [0.05, 0.1) is 0 Å². The second-order valence-corrected chi connectivity index (χ2v) is 11.3. The first-order valence-electron chi connectivity index (χ1n) is 13.2. The van der Waals surface area contributed by atoms with Gasteiger partial charge in [0.1, 0.15) is 5.66 Å². The highest BCUT2D eigenvalue weighted by Crippen LogP contribution is 2.52. The summed E-state index contributed by atoms with van der Waals surface area (Å²) in [5, 5.41) is 37.1. The van der Waals surface area contributed by atoms with E-state index in [-0.39, 0.29) is 11.1 Å². The summed E-state index contributed by atoms with van der Waals surface area (Å²) in [6.45, 7) is 8.68. The van der Waals surface area contributed by atoms with E-state index in [0.29, 0.717) is 0 Å². The molecule has 0 radical (unpaired) electrons. The van der Waals surface area contributed by atoms with Gasteiger partial charge in [-0.2, -0.15) is 0 Å². The molecule has 0 saturated heterocycles. The highest BCUT2D eigenvalue weighted by Gasteiger charge is 2.43. The zero-order valence-electron chi connectivity index (χ0n) is 21.8. The predicted octanol–water partition coefficient (Wildman–Crippen LogP) is 4.68. The summed E-state index contributed by atoms with van der Waals surface area (Å²) in [6.07, 6.45) is 1.82. The molecule has 3 aromatic rings. The number of para-hydroxylation sites is 1. The Balaban J connectivity index is 1.38. The standard InChI is InChI=1S/C31H35N3O2/c1-6-31(7-2)32-22-13-10-11-18-15-16-19(27(33-31)25(18)22)26-28(35)20(29(26)36)17-24-30(3,4)21-12-8-9-14-23(21)34(24)5/h8-17,20,26,28-29,32-33H,6-7H2,1-5H3/q-2. The van der Waals surface area contributed by atoms with E-state index in [9.17, 15) is 10.2 Å². The number of allylic oxidation sites excluding steroid dienone is 1. The van der Waals surface area contributed by atoms with Crippen molar-refractivity contribution in [3.8, 4) is 0 Å². The highest BCUT2D eigenvalue weighted by molar-refractivity contribution is 6.06. The van der Waals surface area contributed by atoms with Gasteiger partial charge in [-0.1, -0.05) is 76.2 Å². The summed E-state index contributed by atoms with van der Waals surface area (Å²) in [7, 11) is 2.04. The number of anilines is 3. The molecule has 2 N–H and O–H groups in total. The fourth-order valence-corrected chi connectivity index (χ4v) is 6.78. The Kier molecular flexibility index (Phi) is 5.19. The Morgan fingerprint density at radius 2 is 1.64 bits per heavy atom. The van der Waals surface area contributed by atoms with Crippen LogP contribution in [0.5, 0.6) is 0 Å². The first-order valence-corrected chi connectivity index (χ1v) is 13.2. The molecule has 3 aromatic carbocycles. The van der Waals surface area contributed by atoms with Crippen LogP contribution in [0.1, 0.15) is 57.6 Å². The van der Waals surface area contributed by atoms with Crippen molar-refractivity contribution in [2.45, 2.75) is 69.7 Å². The van der Waals surface area contributed by atoms with Crippen LogP contribution < -0.4 is 25.7 Å². The van der Waals surface area contributed by atoms with Gasteiger partial charge in [-0.05, 0) is 53.3 Å². The normalized spacial score (nSPS) is 28.4. The second kappa shape index (κ2) is 7.99. The molecular weight excluding hydrogens is 446 g/mol. The first kappa shape index (κ1) is 23.4. The van der Waals surface area contributed by atoms with Gasteiger partial charge in [0.15, 0.2) is 0 Å². The Morgan fingerprint density at radius 1 is 0.917 bits per heavy atom. The summed E-state index contributed by atoms with van der Waals surface area (Å²) >= 11 is 0. The SMILES string of the molecule is CCC1(CC)Nc2cccc3ccc(C4C([O-])C(C=C5N(C)c6ccccc6C5(C)C)C4[O-])c(c23)N1. The third-order valence-electron chi connectivity index (χ3n) is 9.14. The smallest absolute Gasteiger partial charge is 0.107 e. The minimum absolute atomic E-state index is 0.241. The van der Waals surface area contributed by atoms with E-state index in [2.05, 4.69) is 85.7 Å². The van der Waals surface area contributed by atoms with E-state index >= 15 is 0 Å². The van der Waals surface area contributed by atoms with E-state index in [1.54, 1.807) is 0 Å². The molecule has 1 fully saturated rings. The first-order chi connectivity index (χ1) is 17.2. The topological polar surface area (TPSA) is 73.4 Å². The zero-order valence-corrected chi connectivity index (χ0v) is 21.8. The van der Waals surface area contributed by atoms with Crippen molar-refractivity contribution in [1.29, 1.82) is 0 Å². The zero-order chi connectivity index (χ0) is 25.4.